The fraction of sp³-hybridized carbons (Fsp3) is 0.353. The average Bonchev–Trinajstić information content (AvgIpc) is 2.95. The van der Waals surface area contributed by atoms with Crippen molar-refractivity contribution in [3.8, 4) is 11.4 Å². The Labute approximate surface area is 141 Å². The van der Waals surface area contributed by atoms with Gasteiger partial charge in [0.05, 0.1) is 5.25 Å². The van der Waals surface area contributed by atoms with E-state index in [9.17, 15) is 4.79 Å². The number of carbonyl (C=O) groups excluding carboxylic acids is 1. The van der Waals surface area contributed by atoms with Crippen LogP contribution in [-0.2, 0) is 11.3 Å². The van der Waals surface area contributed by atoms with E-state index in [0.717, 1.165) is 23.1 Å². The molecular formula is C17H22N4OS. The zero-order valence-electron chi connectivity index (χ0n) is 13.7. The average molecular weight is 330 g/mol. The van der Waals surface area contributed by atoms with Crippen molar-refractivity contribution in [2.24, 2.45) is 0 Å². The molecule has 1 amide bonds. The number of carbonyl (C=O) groups is 1. The fourth-order valence-corrected chi connectivity index (χ4v) is 3.12. The molecule has 0 aliphatic heterocycles. The van der Waals surface area contributed by atoms with Crippen LogP contribution in [0.1, 0.15) is 19.4 Å². The standard InChI is InChI=1S/C17H22N4OS/c1-5-10-18-16(22)13(4)23-17-20-19-15(21(17)6-2)14-9-7-8-12(3)11-14/h5,7-9,11,13H,1,6,10H2,2-4H3,(H,18,22). The van der Waals surface area contributed by atoms with Gasteiger partial charge in [0.25, 0.3) is 0 Å². The van der Waals surface area contributed by atoms with E-state index in [2.05, 4.69) is 48.1 Å². The zero-order chi connectivity index (χ0) is 16.8. The number of rotatable bonds is 7. The second-order valence-electron chi connectivity index (χ2n) is 5.21. The highest BCUT2D eigenvalue weighted by atomic mass is 32.2. The van der Waals surface area contributed by atoms with Crippen molar-refractivity contribution < 1.29 is 4.79 Å². The second-order valence-corrected chi connectivity index (χ2v) is 6.52. The summed E-state index contributed by atoms with van der Waals surface area (Å²) in [6.07, 6.45) is 1.67. The predicted molar refractivity (Wildman–Crippen MR) is 94.4 cm³/mol. The van der Waals surface area contributed by atoms with Crippen molar-refractivity contribution in [3.63, 3.8) is 0 Å². The first-order valence-corrected chi connectivity index (χ1v) is 8.50. The summed E-state index contributed by atoms with van der Waals surface area (Å²) in [5, 5.41) is 11.9. The minimum absolute atomic E-state index is 0.0299. The molecule has 6 heteroatoms. The Morgan fingerprint density at radius 1 is 1.48 bits per heavy atom. The van der Waals surface area contributed by atoms with Gasteiger partial charge < -0.3 is 9.88 Å². The molecule has 1 aromatic carbocycles. The maximum atomic E-state index is 12.0. The SMILES string of the molecule is C=CCNC(=O)C(C)Sc1nnc(-c2cccc(C)c2)n1CC. The van der Waals surface area contributed by atoms with Crippen LogP contribution in [0.4, 0.5) is 0 Å². The maximum absolute atomic E-state index is 12.0. The lowest BCUT2D eigenvalue weighted by Gasteiger charge is -2.12. The van der Waals surface area contributed by atoms with Crippen LogP contribution in [0.3, 0.4) is 0 Å². The molecule has 5 nitrogen and oxygen atoms in total. The van der Waals surface area contributed by atoms with Crippen LogP contribution < -0.4 is 5.32 Å². The van der Waals surface area contributed by atoms with E-state index < -0.39 is 0 Å². The molecule has 1 N–H and O–H groups in total. The summed E-state index contributed by atoms with van der Waals surface area (Å²) in [6.45, 7) is 10.8. The van der Waals surface area contributed by atoms with Gasteiger partial charge in [0.2, 0.25) is 5.91 Å². The first-order valence-electron chi connectivity index (χ1n) is 7.62. The van der Waals surface area contributed by atoms with Gasteiger partial charge in [-0.3, -0.25) is 4.79 Å². The first-order chi connectivity index (χ1) is 11.1. The number of hydrogen-bond donors (Lipinski definition) is 1. The lowest BCUT2D eigenvalue weighted by atomic mass is 10.1. The van der Waals surface area contributed by atoms with Crippen LogP contribution >= 0.6 is 11.8 Å². The summed E-state index contributed by atoms with van der Waals surface area (Å²) >= 11 is 1.42. The van der Waals surface area contributed by atoms with E-state index >= 15 is 0 Å². The molecule has 0 bridgehead atoms. The molecule has 0 fully saturated rings. The number of benzene rings is 1. The van der Waals surface area contributed by atoms with Gasteiger partial charge in [-0.05, 0) is 26.8 Å². The number of aromatic nitrogens is 3. The zero-order valence-corrected chi connectivity index (χ0v) is 14.6. The molecule has 0 radical (unpaired) electrons. The quantitative estimate of drug-likeness (QED) is 0.626. The molecule has 0 aliphatic rings. The number of amides is 1. The van der Waals surface area contributed by atoms with Crippen LogP contribution in [0.2, 0.25) is 0 Å². The number of nitrogens with one attached hydrogen (secondary N) is 1. The summed E-state index contributed by atoms with van der Waals surface area (Å²) in [4.78, 5) is 12.0. The third kappa shape index (κ3) is 4.22. The van der Waals surface area contributed by atoms with Crippen molar-refractivity contribution in [2.45, 2.75) is 37.7 Å². The van der Waals surface area contributed by atoms with Gasteiger partial charge in [0.15, 0.2) is 11.0 Å². The molecule has 23 heavy (non-hydrogen) atoms. The van der Waals surface area contributed by atoms with Gasteiger partial charge >= 0.3 is 0 Å². The van der Waals surface area contributed by atoms with Gasteiger partial charge in [0.1, 0.15) is 0 Å². The molecule has 122 valence electrons. The summed E-state index contributed by atoms with van der Waals surface area (Å²) in [5.74, 6) is 0.801. The molecule has 0 saturated heterocycles. The summed E-state index contributed by atoms with van der Waals surface area (Å²) < 4.78 is 2.04. The Hall–Kier alpha value is -2.08. The first kappa shape index (κ1) is 17.3. The van der Waals surface area contributed by atoms with Crippen LogP contribution in [0.15, 0.2) is 42.1 Å². The van der Waals surface area contributed by atoms with Gasteiger partial charge in [-0.2, -0.15) is 0 Å². The van der Waals surface area contributed by atoms with E-state index in [1.165, 1.54) is 17.3 Å². The van der Waals surface area contributed by atoms with Gasteiger partial charge in [-0.15, -0.1) is 16.8 Å². The Morgan fingerprint density at radius 2 is 2.26 bits per heavy atom. The Kier molecular flexibility index (Phi) is 5.98. The van der Waals surface area contributed by atoms with E-state index in [1.54, 1.807) is 6.08 Å². The third-order valence-electron chi connectivity index (χ3n) is 3.38. The van der Waals surface area contributed by atoms with Crippen molar-refractivity contribution in [3.05, 3.63) is 42.5 Å². The normalized spacial score (nSPS) is 12.0. The minimum Gasteiger partial charge on any atom is -0.352 e. The topological polar surface area (TPSA) is 59.8 Å². The highest BCUT2D eigenvalue weighted by Gasteiger charge is 2.19. The lowest BCUT2D eigenvalue weighted by molar-refractivity contribution is -0.120. The molecule has 1 atom stereocenters. The Bertz CT molecular complexity index is 696. The van der Waals surface area contributed by atoms with Crippen LogP contribution in [0.25, 0.3) is 11.4 Å². The van der Waals surface area contributed by atoms with Crippen molar-refractivity contribution in [1.29, 1.82) is 0 Å². The lowest BCUT2D eigenvalue weighted by Crippen LogP contribution is -2.31. The predicted octanol–water partition coefficient (Wildman–Crippen LogP) is 3.06. The Morgan fingerprint density at radius 3 is 2.91 bits per heavy atom. The highest BCUT2D eigenvalue weighted by Crippen LogP contribution is 2.27. The summed E-state index contributed by atoms with van der Waals surface area (Å²) in [6, 6.07) is 8.18. The molecule has 1 unspecified atom stereocenters. The Balaban J connectivity index is 2.21. The van der Waals surface area contributed by atoms with E-state index in [4.69, 9.17) is 0 Å². The molecule has 0 aliphatic carbocycles. The monoisotopic (exact) mass is 330 g/mol. The van der Waals surface area contributed by atoms with E-state index in [1.807, 2.05) is 23.6 Å². The molecule has 0 saturated carbocycles. The van der Waals surface area contributed by atoms with E-state index in [0.29, 0.717) is 6.54 Å². The number of nitrogens with zero attached hydrogens (tertiary/aromatic N) is 3. The van der Waals surface area contributed by atoms with Crippen LogP contribution in [0, 0.1) is 6.92 Å². The largest absolute Gasteiger partial charge is 0.352 e. The highest BCUT2D eigenvalue weighted by molar-refractivity contribution is 8.00. The van der Waals surface area contributed by atoms with Crippen molar-refractivity contribution in [2.75, 3.05) is 6.54 Å². The smallest absolute Gasteiger partial charge is 0.233 e. The maximum Gasteiger partial charge on any atom is 0.233 e. The van der Waals surface area contributed by atoms with Gasteiger partial charge in [-0.1, -0.05) is 41.6 Å². The third-order valence-corrected chi connectivity index (χ3v) is 4.46. The number of aryl methyl sites for hydroxylation is 1. The summed E-state index contributed by atoms with van der Waals surface area (Å²) in [5.41, 5.74) is 2.22. The van der Waals surface area contributed by atoms with Crippen LogP contribution in [-0.4, -0.2) is 32.5 Å². The van der Waals surface area contributed by atoms with E-state index in [-0.39, 0.29) is 11.2 Å². The van der Waals surface area contributed by atoms with Crippen molar-refractivity contribution >= 4 is 17.7 Å². The molecule has 2 aromatic rings. The molecule has 0 spiro atoms. The fourth-order valence-electron chi connectivity index (χ4n) is 2.19. The number of hydrogen-bond acceptors (Lipinski definition) is 4. The van der Waals surface area contributed by atoms with Crippen molar-refractivity contribution in [1.82, 2.24) is 20.1 Å². The summed E-state index contributed by atoms with van der Waals surface area (Å²) in [7, 11) is 0. The molecule has 1 aromatic heterocycles. The molecular weight excluding hydrogens is 308 g/mol. The molecule has 1 heterocycles. The van der Waals surface area contributed by atoms with Crippen LogP contribution in [0.5, 0.6) is 0 Å². The minimum atomic E-state index is -0.241. The van der Waals surface area contributed by atoms with Gasteiger partial charge in [-0.25, -0.2) is 0 Å². The molecule has 2 rings (SSSR count). The second kappa shape index (κ2) is 7.97. The van der Waals surface area contributed by atoms with Gasteiger partial charge in [0, 0.05) is 18.7 Å². The number of thioether (sulfide) groups is 1.